The summed E-state index contributed by atoms with van der Waals surface area (Å²) in [5, 5.41) is 26.3. The van der Waals surface area contributed by atoms with E-state index < -0.39 is 42.2 Å². The Balaban J connectivity index is 2.50. The van der Waals surface area contributed by atoms with Crippen molar-refractivity contribution in [3.05, 3.63) is 65.2 Å². The summed E-state index contributed by atoms with van der Waals surface area (Å²) in [6, 6.07) is 12.0. The number of aliphatic hydroxyl groups is 1. The molecule has 0 heterocycles. The van der Waals surface area contributed by atoms with Crippen LogP contribution in [0.25, 0.3) is 0 Å². The zero-order valence-corrected chi connectivity index (χ0v) is 23.2. The van der Waals surface area contributed by atoms with Gasteiger partial charge >= 0.3 is 6.09 Å². The van der Waals surface area contributed by atoms with Gasteiger partial charge in [-0.15, -0.1) is 0 Å². The van der Waals surface area contributed by atoms with E-state index in [1.165, 1.54) is 4.90 Å². The minimum absolute atomic E-state index is 0.122. The van der Waals surface area contributed by atoms with E-state index in [0.29, 0.717) is 12.0 Å². The van der Waals surface area contributed by atoms with Crippen LogP contribution in [0.3, 0.4) is 0 Å². The van der Waals surface area contributed by atoms with Gasteiger partial charge in [0.05, 0.1) is 6.61 Å². The van der Waals surface area contributed by atoms with E-state index in [1.54, 1.807) is 45.9 Å². The first-order valence-corrected chi connectivity index (χ1v) is 12.9. The van der Waals surface area contributed by atoms with E-state index in [1.807, 2.05) is 44.2 Å². The van der Waals surface area contributed by atoms with Gasteiger partial charge in [0.15, 0.2) is 0 Å². The molecule has 38 heavy (non-hydrogen) atoms. The number of carbonyl (C=O) groups is 3. The molecule has 3 atom stereocenters. The molecule has 9 nitrogen and oxygen atoms in total. The lowest BCUT2D eigenvalue weighted by Crippen LogP contribution is -2.55. The van der Waals surface area contributed by atoms with Crippen LogP contribution in [-0.2, 0) is 20.9 Å². The number of hydrogen-bond acceptors (Lipinski definition) is 6. The minimum atomic E-state index is -1.26. The predicted molar refractivity (Wildman–Crippen MR) is 145 cm³/mol. The van der Waals surface area contributed by atoms with E-state index in [2.05, 4.69) is 10.6 Å². The number of ether oxygens (including phenoxy) is 1. The van der Waals surface area contributed by atoms with E-state index in [0.717, 1.165) is 5.56 Å². The minimum Gasteiger partial charge on any atom is -0.507 e. The van der Waals surface area contributed by atoms with Crippen molar-refractivity contribution in [1.82, 2.24) is 15.5 Å². The number of aliphatic hydroxyl groups excluding tert-OH is 1. The van der Waals surface area contributed by atoms with Crippen LogP contribution in [0.1, 0.15) is 63.8 Å². The van der Waals surface area contributed by atoms with Crippen LogP contribution in [0.5, 0.6) is 5.75 Å². The fourth-order valence-electron chi connectivity index (χ4n) is 4.01. The highest BCUT2D eigenvalue weighted by atomic mass is 16.6. The number of benzene rings is 2. The van der Waals surface area contributed by atoms with Gasteiger partial charge in [0.1, 0.15) is 23.4 Å². The molecule has 4 N–H and O–H groups in total. The van der Waals surface area contributed by atoms with Crippen molar-refractivity contribution in [2.75, 3.05) is 13.2 Å². The molecule has 0 fully saturated rings. The smallest absolute Gasteiger partial charge is 0.408 e. The average molecular weight is 528 g/mol. The van der Waals surface area contributed by atoms with Crippen LogP contribution >= 0.6 is 0 Å². The lowest BCUT2D eigenvalue weighted by molar-refractivity contribution is -0.144. The van der Waals surface area contributed by atoms with Crippen LogP contribution < -0.4 is 10.6 Å². The summed E-state index contributed by atoms with van der Waals surface area (Å²) in [4.78, 5) is 41.5. The Morgan fingerprint density at radius 2 is 1.71 bits per heavy atom. The summed E-state index contributed by atoms with van der Waals surface area (Å²) in [6.45, 7) is 10.1. The van der Waals surface area contributed by atoms with Crippen LogP contribution in [0.4, 0.5) is 4.79 Å². The van der Waals surface area contributed by atoms with Gasteiger partial charge in [-0.1, -0.05) is 68.8 Å². The first kappa shape index (κ1) is 30.6. The highest BCUT2D eigenvalue weighted by Crippen LogP contribution is 2.32. The Kier molecular flexibility index (Phi) is 11.1. The van der Waals surface area contributed by atoms with Crippen molar-refractivity contribution in [3.8, 4) is 5.75 Å². The summed E-state index contributed by atoms with van der Waals surface area (Å²) in [7, 11) is 0. The average Bonchev–Trinajstić information content (AvgIpc) is 2.86. The Morgan fingerprint density at radius 1 is 1.05 bits per heavy atom. The maximum Gasteiger partial charge on any atom is 0.408 e. The van der Waals surface area contributed by atoms with Crippen LogP contribution in [0.15, 0.2) is 48.5 Å². The van der Waals surface area contributed by atoms with Gasteiger partial charge in [0.25, 0.3) is 0 Å². The van der Waals surface area contributed by atoms with Gasteiger partial charge < -0.3 is 30.5 Å². The van der Waals surface area contributed by atoms with Gasteiger partial charge in [-0.3, -0.25) is 9.59 Å². The maximum absolute atomic E-state index is 14.0. The second-order valence-corrected chi connectivity index (χ2v) is 10.4. The molecule has 0 saturated carbocycles. The van der Waals surface area contributed by atoms with Crippen LogP contribution in [-0.4, -0.2) is 57.8 Å². The molecule has 9 heteroatoms. The fourth-order valence-corrected chi connectivity index (χ4v) is 4.01. The number of aromatic hydroxyl groups is 1. The number of phenolic OH excluding ortho intramolecular Hbond substituents is 1. The van der Waals surface area contributed by atoms with Crippen molar-refractivity contribution in [1.29, 1.82) is 0 Å². The molecule has 3 unspecified atom stereocenters. The van der Waals surface area contributed by atoms with Crippen molar-refractivity contribution < 1.29 is 29.3 Å². The standard InChI is InChI=1S/C29H41N3O6/c1-7-19(2)23(31-28(37)38-29(4,5)6)27(36)32(16-17-33)24(22-15-11-12-20(3)25(22)34)26(35)30-18-21-13-9-8-10-14-21/h8-15,19,23-24,33-34H,7,16-18H2,1-6H3,(H,30,35)(H,31,37). The number of rotatable bonds is 11. The molecule has 0 aliphatic heterocycles. The fraction of sp³-hybridized carbons (Fsp3) is 0.483. The molecule has 0 saturated heterocycles. The van der Waals surface area contributed by atoms with Gasteiger partial charge in [-0.05, 0) is 44.7 Å². The normalized spacial score (nSPS) is 13.7. The summed E-state index contributed by atoms with van der Waals surface area (Å²) in [5.41, 5.74) is 0.838. The summed E-state index contributed by atoms with van der Waals surface area (Å²) >= 11 is 0. The number of carbonyl (C=O) groups excluding carboxylic acids is 3. The molecule has 0 bridgehead atoms. The number of nitrogens with zero attached hydrogens (tertiary/aromatic N) is 1. The van der Waals surface area contributed by atoms with Crippen molar-refractivity contribution in [2.45, 2.75) is 72.2 Å². The number of alkyl carbamates (subject to hydrolysis) is 1. The van der Waals surface area contributed by atoms with E-state index in [9.17, 15) is 24.6 Å². The molecule has 0 aliphatic rings. The molecule has 2 aromatic carbocycles. The second kappa shape index (κ2) is 13.8. The van der Waals surface area contributed by atoms with Crippen molar-refractivity contribution in [3.63, 3.8) is 0 Å². The molecule has 2 rings (SSSR count). The first-order chi connectivity index (χ1) is 17.9. The Hall–Kier alpha value is -3.59. The van der Waals surface area contributed by atoms with Crippen LogP contribution in [0, 0.1) is 12.8 Å². The molecular formula is C29H41N3O6. The first-order valence-electron chi connectivity index (χ1n) is 12.9. The molecule has 0 aromatic heterocycles. The Labute approximate surface area is 225 Å². The van der Waals surface area contributed by atoms with Crippen molar-refractivity contribution >= 4 is 17.9 Å². The SMILES string of the molecule is CCC(C)C(NC(=O)OC(C)(C)C)C(=O)N(CCO)C(C(=O)NCc1ccccc1)c1cccc(C)c1O. The van der Waals surface area contributed by atoms with E-state index >= 15 is 0 Å². The lowest BCUT2D eigenvalue weighted by atomic mass is 9.95. The number of amides is 3. The summed E-state index contributed by atoms with van der Waals surface area (Å²) in [6.07, 6.45) is -0.205. The topological polar surface area (TPSA) is 128 Å². The van der Waals surface area contributed by atoms with E-state index in [4.69, 9.17) is 4.74 Å². The monoisotopic (exact) mass is 527 g/mol. The highest BCUT2D eigenvalue weighted by Gasteiger charge is 2.39. The number of nitrogens with one attached hydrogen (secondary N) is 2. The second-order valence-electron chi connectivity index (χ2n) is 10.4. The summed E-state index contributed by atoms with van der Waals surface area (Å²) < 4.78 is 5.38. The molecule has 2 aromatic rings. The Morgan fingerprint density at radius 3 is 2.29 bits per heavy atom. The number of para-hydroxylation sites is 1. The molecule has 208 valence electrons. The quantitative estimate of drug-likeness (QED) is 0.352. The van der Waals surface area contributed by atoms with Gasteiger partial charge in [-0.25, -0.2) is 4.79 Å². The van der Waals surface area contributed by atoms with Gasteiger partial charge in [0, 0.05) is 18.7 Å². The maximum atomic E-state index is 14.0. The molecule has 0 spiro atoms. The molecule has 0 radical (unpaired) electrons. The molecule has 0 aliphatic carbocycles. The van der Waals surface area contributed by atoms with E-state index in [-0.39, 0.29) is 30.3 Å². The third-order valence-corrected chi connectivity index (χ3v) is 6.21. The highest BCUT2D eigenvalue weighted by molar-refractivity contribution is 5.92. The van der Waals surface area contributed by atoms with Gasteiger partial charge in [-0.2, -0.15) is 0 Å². The largest absolute Gasteiger partial charge is 0.507 e. The third kappa shape index (κ3) is 8.48. The van der Waals surface area contributed by atoms with Crippen LogP contribution in [0.2, 0.25) is 0 Å². The zero-order valence-electron chi connectivity index (χ0n) is 23.2. The van der Waals surface area contributed by atoms with Crippen molar-refractivity contribution in [2.24, 2.45) is 5.92 Å². The lowest BCUT2D eigenvalue weighted by Gasteiger charge is -2.36. The number of aryl methyl sites for hydroxylation is 1. The molecule has 3 amide bonds. The zero-order chi connectivity index (χ0) is 28.5. The van der Waals surface area contributed by atoms with Gasteiger partial charge in [0.2, 0.25) is 11.8 Å². The predicted octanol–water partition coefficient (Wildman–Crippen LogP) is 3.82. The molecular weight excluding hydrogens is 486 g/mol. The third-order valence-electron chi connectivity index (χ3n) is 6.21. The Bertz CT molecular complexity index is 1080. The number of phenols is 1. The summed E-state index contributed by atoms with van der Waals surface area (Å²) in [5.74, 6) is -1.53. The number of hydrogen-bond donors (Lipinski definition) is 4.